The highest BCUT2D eigenvalue weighted by molar-refractivity contribution is 6.14. The molecule has 2 N–H and O–H groups in total. The Kier molecular flexibility index (Phi) is 7.90. The Bertz CT molecular complexity index is 3010. The van der Waals surface area contributed by atoms with Gasteiger partial charge in [0, 0.05) is 45.5 Å². The lowest BCUT2D eigenvalue weighted by Crippen LogP contribution is -2.80. The maximum absolute atomic E-state index is 4.98. The molecule has 1 aliphatic rings. The van der Waals surface area contributed by atoms with Crippen LogP contribution in [0.1, 0.15) is 17.2 Å². The van der Waals surface area contributed by atoms with Crippen molar-refractivity contribution < 1.29 is 5.32 Å². The first kappa shape index (κ1) is 32.9. The highest BCUT2D eigenvalue weighted by Crippen LogP contribution is 2.46. The topological polar surface area (TPSA) is 60.2 Å². The fraction of sp³-hybridized carbons (Fsp3) is 0.0192. The molecule has 5 nitrogen and oxygen atoms in total. The Morgan fingerprint density at radius 2 is 1.05 bits per heavy atom. The molecule has 0 bridgehead atoms. The Hall–Kier alpha value is -7.47. The van der Waals surface area contributed by atoms with Gasteiger partial charge >= 0.3 is 0 Å². The van der Waals surface area contributed by atoms with Crippen LogP contribution in [-0.2, 0) is 0 Å². The van der Waals surface area contributed by atoms with Crippen LogP contribution in [0.3, 0.4) is 0 Å². The third-order valence-electron chi connectivity index (χ3n) is 11.3. The second kappa shape index (κ2) is 13.7. The van der Waals surface area contributed by atoms with Crippen LogP contribution in [0.4, 0.5) is 5.69 Å². The summed E-state index contributed by atoms with van der Waals surface area (Å²) in [7, 11) is 0. The lowest BCUT2D eigenvalue weighted by Gasteiger charge is -2.27. The van der Waals surface area contributed by atoms with Crippen LogP contribution in [0.15, 0.2) is 200 Å². The maximum Gasteiger partial charge on any atom is 0.143 e. The molecule has 0 saturated carbocycles. The predicted octanol–water partition coefficient (Wildman–Crippen LogP) is 11.6. The summed E-state index contributed by atoms with van der Waals surface area (Å²) in [6, 6.07) is 67.2. The van der Waals surface area contributed by atoms with E-state index in [0.29, 0.717) is 0 Å². The predicted molar refractivity (Wildman–Crippen MR) is 231 cm³/mol. The number of aromatic nitrogens is 4. The van der Waals surface area contributed by atoms with E-state index in [4.69, 9.17) is 4.98 Å². The van der Waals surface area contributed by atoms with Gasteiger partial charge < -0.3 is 9.88 Å². The number of hydrogen-bond donors (Lipinski definition) is 1. The van der Waals surface area contributed by atoms with Crippen molar-refractivity contribution >= 4 is 27.5 Å². The molecule has 5 heterocycles. The summed E-state index contributed by atoms with van der Waals surface area (Å²) < 4.78 is 2.45. The SMILES string of the molecule is c1ccc(C2[NH2+]c3ccccc3-c3ccc4c(c32)c2ccc(-c3ccc(-c5cc(-c6ccccn6)nc(-c6ccccn6)c5)cc3)cc2n4-c2ccccc2)cc1. The number of benzene rings is 6. The Morgan fingerprint density at radius 3 is 1.74 bits per heavy atom. The van der Waals surface area contributed by atoms with Gasteiger partial charge in [0.15, 0.2) is 0 Å². The monoisotopic (exact) mass is 730 g/mol. The average molecular weight is 731 g/mol. The second-order valence-electron chi connectivity index (χ2n) is 14.6. The minimum atomic E-state index is 0.117. The van der Waals surface area contributed by atoms with Gasteiger partial charge in [-0.05, 0) is 101 Å². The number of nitrogens with two attached hydrogens (primary N) is 1. The maximum atomic E-state index is 4.98. The number of quaternary nitrogens is 1. The van der Waals surface area contributed by atoms with E-state index in [1.807, 2.05) is 36.4 Å². The first-order valence-electron chi connectivity index (χ1n) is 19.4. The molecule has 0 spiro atoms. The van der Waals surface area contributed by atoms with Gasteiger partial charge in [0.1, 0.15) is 11.7 Å². The third kappa shape index (κ3) is 5.72. The quantitative estimate of drug-likeness (QED) is 0.173. The summed E-state index contributed by atoms with van der Waals surface area (Å²) in [4.78, 5) is 14.2. The van der Waals surface area contributed by atoms with Gasteiger partial charge in [-0.25, -0.2) is 4.98 Å². The molecule has 1 aliphatic heterocycles. The first-order valence-corrected chi connectivity index (χ1v) is 19.4. The standard InChI is InChI=1S/C52H35N5/c1-3-13-36(14-4-1)52-51-41(40-17-7-8-18-43(40)56-52)27-28-48-50(51)42-26-25-37(33-49(42)57(48)39-15-5-2-6-16-39)34-21-23-35(24-22-34)38-31-46(44-19-9-11-29-53-44)55-47(32-38)45-20-10-12-30-54-45/h1-33,52,56H/p+1. The van der Waals surface area contributed by atoms with E-state index in [1.54, 1.807) is 12.4 Å². The minimum absolute atomic E-state index is 0.117. The van der Waals surface area contributed by atoms with Crippen molar-refractivity contribution in [1.29, 1.82) is 0 Å². The van der Waals surface area contributed by atoms with Crippen molar-refractivity contribution in [3.63, 3.8) is 0 Å². The Labute approximate surface area is 330 Å². The van der Waals surface area contributed by atoms with E-state index in [2.05, 4.69) is 172 Å². The summed E-state index contributed by atoms with van der Waals surface area (Å²) in [6.45, 7) is 0. The van der Waals surface area contributed by atoms with Crippen molar-refractivity contribution in [3.05, 3.63) is 212 Å². The van der Waals surface area contributed by atoms with Gasteiger partial charge in [-0.1, -0.05) is 115 Å². The summed E-state index contributed by atoms with van der Waals surface area (Å²) in [5, 5.41) is 5.01. The molecule has 1 atom stereocenters. The summed E-state index contributed by atoms with van der Waals surface area (Å²) in [6.07, 6.45) is 3.61. The van der Waals surface area contributed by atoms with Gasteiger partial charge in [-0.2, -0.15) is 0 Å². The van der Waals surface area contributed by atoms with Gasteiger partial charge in [0.25, 0.3) is 0 Å². The van der Waals surface area contributed by atoms with Crippen molar-refractivity contribution in [2.75, 3.05) is 0 Å². The molecule has 6 aromatic carbocycles. The zero-order valence-corrected chi connectivity index (χ0v) is 31.0. The molecule has 11 rings (SSSR count). The molecule has 0 amide bonds. The number of nitrogens with zero attached hydrogens (tertiary/aromatic N) is 4. The van der Waals surface area contributed by atoms with Gasteiger partial charge in [0.2, 0.25) is 0 Å². The van der Waals surface area contributed by atoms with Gasteiger partial charge in [-0.3, -0.25) is 9.97 Å². The fourth-order valence-electron chi connectivity index (χ4n) is 8.65. The Balaban J connectivity index is 1.07. The van der Waals surface area contributed by atoms with Crippen LogP contribution in [-0.4, -0.2) is 19.5 Å². The molecule has 10 aromatic rings. The number of para-hydroxylation sites is 2. The van der Waals surface area contributed by atoms with E-state index in [9.17, 15) is 0 Å². The molecule has 0 saturated heterocycles. The zero-order valence-electron chi connectivity index (χ0n) is 31.0. The van der Waals surface area contributed by atoms with Gasteiger partial charge in [-0.15, -0.1) is 0 Å². The Morgan fingerprint density at radius 1 is 0.439 bits per heavy atom. The van der Waals surface area contributed by atoms with E-state index in [1.165, 1.54) is 49.7 Å². The lowest BCUT2D eigenvalue weighted by molar-refractivity contribution is -0.608. The fourth-order valence-corrected chi connectivity index (χ4v) is 8.65. The zero-order chi connectivity index (χ0) is 37.7. The summed E-state index contributed by atoms with van der Waals surface area (Å²) >= 11 is 0. The molecule has 57 heavy (non-hydrogen) atoms. The van der Waals surface area contributed by atoms with Crippen LogP contribution in [0.5, 0.6) is 0 Å². The molecule has 1 unspecified atom stereocenters. The van der Waals surface area contributed by atoms with E-state index in [-0.39, 0.29) is 6.04 Å². The normalized spacial score (nSPS) is 13.4. The molecular formula is C52H36N5+. The second-order valence-corrected chi connectivity index (χ2v) is 14.6. The molecule has 4 aromatic heterocycles. The van der Waals surface area contributed by atoms with E-state index >= 15 is 0 Å². The molecule has 5 heteroatoms. The third-order valence-corrected chi connectivity index (χ3v) is 11.3. The van der Waals surface area contributed by atoms with Crippen LogP contribution in [0, 0.1) is 0 Å². The molecule has 0 fully saturated rings. The van der Waals surface area contributed by atoms with E-state index < -0.39 is 0 Å². The highest BCUT2D eigenvalue weighted by Gasteiger charge is 2.33. The molecule has 0 radical (unpaired) electrons. The van der Waals surface area contributed by atoms with Crippen molar-refractivity contribution in [3.8, 4) is 61.8 Å². The van der Waals surface area contributed by atoms with Crippen LogP contribution >= 0.6 is 0 Å². The largest absolute Gasteiger partial charge is 0.309 e. The number of hydrogen-bond acceptors (Lipinski definition) is 3. The average Bonchev–Trinajstić information content (AvgIpc) is 3.63. The smallest absolute Gasteiger partial charge is 0.143 e. The number of pyridine rings is 3. The van der Waals surface area contributed by atoms with Crippen LogP contribution < -0.4 is 5.32 Å². The molecular weight excluding hydrogens is 695 g/mol. The van der Waals surface area contributed by atoms with Crippen molar-refractivity contribution in [2.45, 2.75) is 6.04 Å². The van der Waals surface area contributed by atoms with Crippen molar-refractivity contribution in [1.82, 2.24) is 19.5 Å². The lowest BCUT2D eigenvalue weighted by atomic mass is 9.84. The van der Waals surface area contributed by atoms with Crippen LogP contribution in [0.25, 0.3) is 83.6 Å². The van der Waals surface area contributed by atoms with Crippen LogP contribution in [0.2, 0.25) is 0 Å². The van der Waals surface area contributed by atoms with E-state index in [0.717, 1.165) is 50.7 Å². The van der Waals surface area contributed by atoms with Crippen molar-refractivity contribution in [2.24, 2.45) is 0 Å². The summed E-state index contributed by atoms with van der Waals surface area (Å²) in [5.74, 6) is 0. The number of fused-ring (bicyclic) bond motifs is 7. The minimum Gasteiger partial charge on any atom is -0.309 e. The number of rotatable bonds is 6. The highest BCUT2D eigenvalue weighted by atomic mass is 15.0. The summed E-state index contributed by atoms with van der Waals surface area (Å²) in [5.41, 5.74) is 17.8. The molecule has 268 valence electrons. The first-order chi connectivity index (χ1) is 28.3. The van der Waals surface area contributed by atoms with Gasteiger partial charge in [0.05, 0.1) is 33.8 Å². The molecule has 0 aliphatic carbocycles.